The fourth-order valence-electron chi connectivity index (χ4n) is 3.41. The second-order valence-corrected chi connectivity index (χ2v) is 7.35. The summed E-state index contributed by atoms with van der Waals surface area (Å²) in [5.41, 5.74) is 0. The van der Waals surface area contributed by atoms with Crippen LogP contribution >= 0.6 is 0 Å². The van der Waals surface area contributed by atoms with Crippen molar-refractivity contribution in [2.45, 2.75) is 85.6 Å². The summed E-state index contributed by atoms with van der Waals surface area (Å²) in [6, 6.07) is 0.783. The highest BCUT2D eigenvalue weighted by molar-refractivity contribution is 4.71. The van der Waals surface area contributed by atoms with E-state index in [0.29, 0.717) is 0 Å². The third-order valence-corrected chi connectivity index (χ3v) is 5.02. The molecule has 0 saturated heterocycles. The van der Waals surface area contributed by atoms with Crippen LogP contribution in [0.25, 0.3) is 0 Å². The van der Waals surface area contributed by atoms with Crippen LogP contribution in [0.2, 0.25) is 0 Å². The first-order valence-corrected chi connectivity index (χ1v) is 8.69. The molecule has 1 nitrogen and oxygen atoms in total. The minimum absolute atomic E-state index is 0.783. The molecule has 0 saturated carbocycles. The Morgan fingerprint density at radius 3 is 1.84 bits per heavy atom. The van der Waals surface area contributed by atoms with Gasteiger partial charge in [0, 0.05) is 5.92 Å². The highest BCUT2D eigenvalue weighted by Crippen LogP contribution is 2.28. The van der Waals surface area contributed by atoms with Gasteiger partial charge < -0.3 is 4.48 Å². The molecule has 0 aromatic heterocycles. The zero-order valence-corrected chi connectivity index (χ0v) is 14.8. The summed E-state index contributed by atoms with van der Waals surface area (Å²) >= 11 is 0. The quantitative estimate of drug-likeness (QED) is 0.344. The van der Waals surface area contributed by atoms with Crippen LogP contribution in [0.3, 0.4) is 0 Å². The van der Waals surface area contributed by atoms with Gasteiger partial charge in [-0.1, -0.05) is 59.8 Å². The predicted octanol–water partition coefficient (Wildman–Crippen LogP) is 5.49. The molecule has 0 bridgehead atoms. The third-order valence-electron chi connectivity index (χ3n) is 5.02. The number of rotatable bonds is 11. The van der Waals surface area contributed by atoms with Crippen molar-refractivity contribution in [1.82, 2.24) is 0 Å². The van der Waals surface area contributed by atoms with Crippen molar-refractivity contribution in [2.75, 3.05) is 20.6 Å². The van der Waals surface area contributed by atoms with Crippen LogP contribution in [-0.2, 0) is 0 Å². The van der Waals surface area contributed by atoms with E-state index >= 15 is 0 Å². The Morgan fingerprint density at radius 2 is 1.37 bits per heavy atom. The summed E-state index contributed by atoms with van der Waals surface area (Å²) in [6.07, 6.45) is 9.78. The van der Waals surface area contributed by atoms with E-state index in [1.54, 1.807) is 0 Å². The SMILES string of the molecule is CCCCCCCC(C(C)C)C(C)[N+](C)(C)CCC. The molecule has 19 heavy (non-hydrogen) atoms. The van der Waals surface area contributed by atoms with Gasteiger partial charge in [-0.2, -0.15) is 0 Å². The molecule has 0 aliphatic rings. The first-order valence-electron chi connectivity index (χ1n) is 8.69. The Bertz CT molecular complexity index is 208. The zero-order chi connectivity index (χ0) is 14.9. The van der Waals surface area contributed by atoms with Gasteiger partial charge in [0.1, 0.15) is 0 Å². The van der Waals surface area contributed by atoms with Gasteiger partial charge in [-0.25, -0.2) is 0 Å². The number of quaternary nitrogens is 1. The summed E-state index contributed by atoms with van der Waals surface area (Å²) in [5, 5.41) is 0. The van der Waals surface area contributed by atoms with Gasteiger partial charge in [0.2, 0.25) is 0 Å². The number of unbranched alkanes of at least 4 members (excludes halogenated alkanes) is 4. The standard InChI is InChI=1S/C18H40N/c1-8-10-11-12-13-14-18(16(3)4)17(5)19(6,7)15-9-2/h16-18H,8-15H2,1-7H3/q+1. The zero-order valence-electron chi connectivity index (χ0n) is 14.8. The van der Waals surface area contributed by atoms with Crippen molar-refractivity contribution < 1.29 is 4.48 Å². The van der Waals surface area contributed by atoms with Crippen molar-refractivity contribution >= 4 is 0 Å². The van der Waals surface area contributed by atoms with Gasteiger partial charge in [-0.05, 0) is 25.7 Å². The minimum atomic E-state index is 0.783. The van der Waals surface area contributed by atoms with Crippen LogP contribution in [0.1, 0.15) is 79.6 Å². The molecule has 0 aromatic carbocycles. The molecule has 2 atom stereocenters. The molecule has 116 valence electrons. The molecule has 1 heteroatoms. The van der Waals surface area contributed by atoms with E-state index in [1.165, 1.54) is 56.0 Å². The molecule has 0 fully saturated rings. The van der Waals surface area contributed by atoms with E-state index in [4.69, 9.17) is 0 Å². The van der Waals surface area contributed by atoms with E-state index in [9.17, 15) is 0 Å². The monoisotopic (exact) mass is 270 g/mol. The maximum absolute atomic E-state index is 2.48. The summed E-state index contributed by atoms with van der Waals surface area (Å²) in [5.74, 6) is 1.69. The second kappa shape index (κ2) is 9.80. The summed E-state index contributed by atoms with van der Waals surface area (Å²) in [6.45, 7) is 13.2. The van der Waals surface area contributed by atoms with E-state index in [1.807, 2.05) is 0 Å². The molecule has 0 spiro atoms. The summed E-state index contributed by atoms with van der Waals surface area (Å²) in [7, 11) is 4.83. The number of hydrogen-bond donors (Lipinski definition) is 0. The first-order chi connectivity index (χ1) is 8.86. The molecule has 0 aliphatic carbocycles. The number of hydrogen-bond acceptors (Lipinski definition) is 0. The van der Waals surface area contributed by atoms with Gasteiger partial charge in [0.25, 0.3) is 0 Å². The maximum atomic E-state index is 2.48. The molecule has 0 aliphatic heterocycles. The first kappa shape index (κ1) is 19.0. The van der Waals surface area contributed by atoms with Crippen LogP contribution in [0.15, 0.2) is 0 Å². The van der Waals surface area contributed by atoms with Gasteiger partial charge in [0.15, 0.2) is 0 Å². The highest BCUT2D eigenvalue weighted by Gasteiger charge is 2.32. The average molecular weight is 271 g/mol. The maximum Gasteiger partial charge on any atom is 0.0888 e. The summed E-state index contributed by atoms with van der Waals surface area (Å²) in [4.78, 5) is 0. The Kier molecular flexibility index (Phi) is 9.78. The highest BCUT2D eigenvalue weighted by atomic mass is 15.3. The molecule has 0 aromatic rings. The lowest BCUT2D eigenvalue weighted by Gasteiger charge is -2.42. The van der Waals surface area contributed by atoms with Crippen LogP contribution in [-0.4, -0.2) is 31.2 Å². The Labute approximate surface area is 123 Å². The molecule has 0 amide bonds. The third kappa shape index (κ3) is 7.34. The van der Waals surface area contributed by atoms with Crippen LogP contribution in [0, 0.1) is 11.8 Å². The van der Waals surface area contributed by atoms with Crippen molar-refractivity contribution in [1.29, 1.82) is 0 Å². The smallest absolute Gasteiger partial charge is 0.0888 e. The van der Waals surface area contributed by atoms with Crippen LogP contribution in [0.4, 0.5) is 0 Å². The van der Waals surface area contributed by atoms with E-state index in [-0.39, 0.29) is 0 Å². The van der Waals surface area contributed by atoms with E-state index in [2.05, 4.69) is 48.7 Å². The molecule has 0 N–H and O–H groups in total. The van der Waals surface area contributed by atoms with Gasteiger partial charge in [-0.3, -0.25) is 0 Å². The van der Waals surface area contributed by atoms with Gasteiger partial charge in [0.05, 0.1) is 26.7 Å². The average Bonchev–Trinajstić information content (AvgIpc) is 2.32. The van der Waals surface area contributed by atoms with Crippen LogP contribution < -0.4 is 0 Å². The molecule has 0 rings (SSSR count). The Hall–Kier alpha value is -0.0400. The topological polar surface area (TPSA) is 0 Å². The fraction of sp³-hybridized carbons (Fsp3) is 1.00. The van der Waals surface area contributed by atoms with Crippen LogP contribution in [0.5, 0.6) is 0 Å². The minimum Gasteiger partial charge on any atom is -0.326 e. The molecule has 0 heterocycles. The van der Waals surface area contributed by atoms with E-state index < -0.39 is 0 Å². The normalized spacial score (nSPS) is 15.8. The predicted molar refractivity (Wildman–Crippen MR) is 88.4 cm³/mol. The van der Waals surface area contributed by atoms with Crippen molar-refractivity contribution in [2.24, 2.45) is 11.8 Å². The lowest BCUT2D eigenvalue weighted by molar-refractivity contribution is -0.917. The van der Waals surface area contributed by atoms with Crippen molar-refractivity contribution in [3.8, 4) is 0 Å². The lowest BCUT2D eigenvalue weighted by atomic mass is 9.83. The van der Waals surface area contributed by atoms with Gasteiger partial charge in [-0.15, -0.1) is 0 Å². The van der Waals surface area contributed by atoms with E-state index in [0.717, 1.165) is 17.9 Å². The summed E-state index contributed by atoms with van der Waals surface area (Å²) < 4.78 is 1.19. The largest absolute Gasteiger partial charge is 0.326 e. The molecule has 2 unspecified atom stereocenters. The lowest BCUT2D eigenvalue weighted by Crippen LogP contribution is -2.52. The Morgan fingerprint density at radius 1 is 0.789 bits per heavy atom. The molecule has 0 radical (unpaired) electrons. The van der Waals surface area contributed by atoms with Gasteiger partial charge >= 0.3 is 0 Å². The van der Waals surface area contributed by atoms with Crippen molar-refractivity contribution in [3.05, 3.63) is 0 Å². The fourth-order valence-corrected chi connectivity index (χ4v) is 3.41. The molecular formula is C18H40N+. The molecular weight excluding hydrogens is 230 g/mol. The van der Waals surface area contributed by atoms with Crippen molar-refractivity contribution in [3.63, 3.8) is 0 Å². The second-order valence-electron chi connectivity index (χ2n) is 7.35. The Balaban J connectivity index is 4.31. The number of nitrogens with zero attached hydrogens (tertiary/aromatic N) is 1.